The zero-order valence-electron chi connectivity index (χ0n) is 17.2. The number of pyridine rings is 1. The smallest absolute Gasteiger partial charge is 0.248 e. The van der Waals surface area contributed by atoms with Crippen LogP contribution in [-0.2, 0) is 0 Å². The summed E-state index contributed by atoms with van der Waals surface area (Å²) < 4.78 is 7.42. The van der Waals surface area contributed by atoms with Crippen molar-refractivity contribution in [3.05, 3.63) is 60.8 Å². The van der Waals surface area contributed by atoms with Gasteiger partial charge in [0.05, 0.1) is 0 Å². The van der Waals surface area contributed by atoms with Crippen LogP contribution in [0.2, 0.25) is 0 Å². The van der Waals surface area contributed by atoms with Gasteiger partial charge in [-0.3, -0.25) is 4.90 Å². The van der Waals surface area contributed by atoms with Crippen LogP contribution in [0.15, 0.2) is 60.8 Å². The van der Waals surface area contributed by atoms with Crippen molar-refractivity contribution in [2.24, 2.45) is 0 Å². The van der Waals surface area contributed by atoms with Gasteiger partial charge in [0.1, 0.15) is 12.4 Å². The summed E-state index contributed by atoms with van der Waals surface area (Å²) in [6.07, 6.45) is 4.34. The van der Waals surface area contributed by atoms with E-state index >= 15 is 0 Å². The molecule has 2 aromatic heterocycles. The Balaban J connectivity index is 1.26. The monoisotopic (exact) mass is 415 g/mol. The van der Waals surface area contributed by atoms with Gasteiger partial charge >= 0.3 is 0 Å². The standard InChI is InChI=1S/C23H25N7O/c24-22-27-23(28-30(22)21-20-6-2-1-5-17(20)11-12-25-21)26-18-7-9-19(10-8-18)31-16-15-29-13-3-4-14-29/h1-2,5-12H,3-4,13-16H2,(H3,24,26,27,28). The summed E-state index contributed by atoms with van der Waals surface area (Å²) in [4.78, 5) is 11.2. The predicted octanol–water partition coefficient (Wildman–Crippen LogP) is 3.62. The van der Waals surface area contributed by atoms with Crippen LogP contribution in [0, 0.1) is 0 Å². The normalized spacial score (nSPS) is 14.2. The number of hydrogen-bond acceptors (Lipinski definition) is 7. The van der Waals surface area contributed by atoms with E-state index in [1.165, 1.54) is 25.9 Å². The molecule has 158 valence electrons. The second-order valence-corrected chi connectivity index (χ2v) is 7.61. The van der Waals surface area contributed by atoms with Crippen LogP contribution in [0.25, 0.3) is 16.6 Å². The third-order valence-corrected chi connectivity index (χ3v) is 5.47. The van der Waals surface area contributed by atoms with Crippen LogP contribution in [0.1, 0.15) is 12.8 Å². The average Bonchev–Trinajstić information content (AvgIpc) is 3.44. The molecule has 31 heavy (non-hydrogen) atoms. The molecule has 1 saturated heterocycles. The number of fused-ring (bicyclic) bond motifs is 1. The highest BCUT2D eigenvalue weighted by Crippen LogP contribution is 2.23. The number of nitrogens with one attached hydrogen (secondary N) is 1. The van der Waals surface area contributed by atoms with Crippen LogP contribution in [0.3, 0.4) is 0 Å². The van der Waals surface area contributed by atoms with Crippen molar-refractivity contribution in [1.29, 1.82) is 0 Å². The number of hydrogen-bond donors (Lipinski definition) is 2. The van der Waals surface area contributed by atoms with E-state index in [1.54, 1.807) is 10.9 Å². The Morgan fingerprint density at radius 1 is 1.00 bits per heavy atom. The number of rotatable bonds is 7. The first kappa shape index (κ1) is 19.3. The molecule has 0 spiro atoms. The number of ether oxygens (including phenoxy) is 1. The highest BCUT2D eigenvalue weighted by atomic mass is 16.5. The molecule has 8 nitrogen and oxygen atoms in total. The summed E-state index contributed by atoms with van der Waals surface area (Å²) in [6.45, 7) is 4.04. The zero-order valence-corrected chi connectivity index (χ0v) is 17.2. The fourth-order valence-electron chi connectivity index (χ4n) is 3.87. The topological polar surface area (TPSA) is 94.1 Å². The summed E-state index contributed by atoms with van der Waals surface area (Å²) in [5.74, 6) is 2.18. The molecule has 3 heterocycles. The summed E-state index contributed by atoms with van der Waals surface area (Å²) in [6, 6.07) is 17.7. The first-order valence-electron chi connectivity index (χ1n) is 10.6. The maximum Gasteiger partial charge on any atom is 0.248 e. The highest BCUT2D eigenvalue weighted by Gasteiger charge is 2.13. The van der Waals surface area contributed by atoms with Crippen molar-refractivity contribution in [2.75, 3.05) is 37.3 Å². The van der Waals surface area contributed by atoms with E-state index in [0.29, 0.717) is 18.4 Å². The molecule has 4 aromatic rings. The minimum Gasteiger partial charge on any atom is -0.492 e. The molecular formula is C23H25N7O. The molecule has 1 fully saturated rings. The van der Waals surface area contributed by atoms with E-state index in [4.69, 9.17) is 10.5 Å². The van der Waals surface area contributed by atoms with Gasteiger partial charge in [-0.25, -0.2) is 4.98 Å². The number of likely N-dealkylation sites (tertiary alicyclic amines) is 1. The van der Waals surface area contributed by atoms with Crippen LogP contribution in [0.5, 0.6) is 5.75 Å². The molecule has 1 aliphatic rings. The van der Waals surface area contributed by atoms with Crippen LogP contribution >= 0.6 is 0 Å². The molecule has 0 saturated carbocycles. The first-order valence-corrected chi connectivity index (χ1v) is 10.6. The lowest BCUT2D eigenvalue weighted by Gasteiger charge is -2.15. The molecule has 1 aliphatic heterocycles. The maximum absolute atomic E-state index is 6.13. The second-order valence-electron chi connectivity index (χ2n) is 7.61. The number of nitrogen functional groups attached to an aromatic ring is 1. The van der Waals surface area contributed by atoms with Crippen molar-refractivity contribution in [2.45, 2.75) is 12.8 Å². The SMILES string of the molecule is Nc1nc(Nc2ccc(OCCN3CCCC3)cc2)nn1-c1nccc2ccccc12. The number of nitrogens with two attached hydrogens (primary N) is 1. The van der Waals surface area contributed by atoms with Gasteiger partial charge in [0.15, 0.2) is 5.82 Å². The summed E-state index contributed by atoms with van der Waals surface area (Å²) in [5.41, 5.74) is 6.99. The van der Waals surface area contributed by atoms with E-state index in [-0.39, 0.29) is 5.95 Å². The highest BCUT2D eigenvalue weighted by molar-refractivity contribution is 5.88. The molecule has 0 amide bonds. The number of aromatic nitrogens is 4. The van der Waals surface area contributed by atoms with Gasteiger partial charge < -0.3 is 15.8 Å². The average molecular weight is 416 g/mol. The summed E-state index contributed by atoms with van der Waals surface area (Å²) in [7, 11) is 0. The van der Waals surface area contributed by atoms with Crippen molar-refractivity contribution in [1.82, 2.24) is 24.6 Å². The van der Waals surface area contributed by atoms with Crippen LogP contribution < -0.4 is 15.8 Å². The molecule has 0 unspecified atom stereocenters. The predicted molar refractivity (Wildman–Crippen MR) is 122 cm³/mol. The van der Waals surface area contributed by atoms with Gasteiger partial charge in [0.2, 0.25) is 11.9 Å². The number of anilines is 3. The Morgan fingerprint density at radius 2 is 1.81 bits per heavy atom. The van der Waals surface area contributed by atoms with E-state index in [9.17, 15) is 0 Å². The van der Waals surface area contributed by atoms with E-state index in [1.807, 2.05) is 54.6 Å². The first-order chi connectivity index (χ1) is 15.3. The quantitative estimate of drug-likeness (QED) is 0.476. The van der Waals surface area contributed by atoms with Gasteiger partial charge in [0, 0.05) is 23.8 Å². The second kappa shape index (κ2) is 8.61. The molecule has 0 radical (unpaired) electrons. The third-order valence-electron chi connectivity index (χ3n) is 5.47. The lowest BCUT2D eigenvalue weighted by atomic mass is 10.1. The summed E-state index contributed by atoms with van der Waals surface area (Å²) in [5, 5.41) is 9.74. The molecule has 8 heteroatoms. The van der Waals surface area contributed by atoms with Gasteiger partial charge in [-0.15, -0.1) is 5.10 Å². The lowest BCUT2D eigenvalue weighted by molar-refractivity contribution is 0.238. The third kappa shape index (κ3) is 4.29. The molecule has 0 bridgehead atoms. The molecule has 0 atom stereocenters. The lowest BCUT2D eigenvalue weighted by Crippen LogP contribution is -2.25. The molecule has 0 aliphatic carbocycles. The maximum atomic E-state index is 6.13. The number of benzene rings is 2. The van der Waals surface area contributed by atoms with Gasteiger partial charge in [0.25, 0.3) is 0 Å². The zero-order chi connectivity index (χ0) is 21.0. The van der Waals surface area contributed by atoms with Crippen LogP contribution in [-0.4, -0.2) is 50.9 Å². The number of nitrogens with zero attached hydrogens (tertiary/aromatic N) is 5. The molecular weight excluding hydrogens is 390 g/mol. The van der Waals surface area contributed by atoms with Crippen molar-refractivity contribution < 1.29 is 4.74 Å². The van der Waals surface area contributed by atoms with Gasteiger partial charge in [-0.2, -0.15) is 9.67 Å². The van der Waals surface area contributed by atoms with E-state index in [2.05, 4.69) is 25.3 Å². The Morgan fingerprint density at radius 3 is 2.65 bits per heavy atom. The molecule has 3 N–H and O–H groups in total. The van der Waals surface area contributed by atoms with Gasteiger partial charge in [-0.05, 0) is 61.6 Å². The summed E-state index contributed by atoms with van der Waals surface area (Å²) >= 11 is 0. The Kier molecular flexibility index (Phi) is 5.37. The molecule has 5 rings (SSSR count). The minimum atomic E-state index is 0.271. The fraction of sp³-hybridized carbons (Fsp3) is 0.261. The minimum absolute atomic E-state index is 0.271. The van der Waals surface area contributed by atoms with Crippen molar-refractivity contribution in [3.63, 3.8) is 0 Å². The van der Waals surface area contributed by atoms with Crippen molar-refractivity contribution >= 4 is 28.4 Å². The largest absolute Gasteiger partial charge is 0.492 e. The van der Waals surface area contributed by atoms with E-state index in [0.717, 1.165) is 28.8 Å². The van der Waals surface area contributed by atoms with Gasteiger partial charge in [-0.1, -0.05) is 24.3 Å². The Bertz CT molecular complexity index is 1160. The Labute approximate surface area is 180 Å². The Hall–Kier alpha value is -3.65. The fourth-order valence-corrected chi connectivity index (χ4v) is 3.87. The van der Waals surface area contributed by atoms with Crippen LogP contribution in [0.4, 0.5) is 17.6 Å². The van der Waals surface area contributed by atoms with E-state index < -0.39 is 0 Å². The molecule has 2 aromatic carbocycles. The van der Waals surface area contributed by atoms with Crippen molar-refractivity contribution in [3.8, 4) is 11.6 Å².